The van der Waals surface area contributed by atoms with E-state index >= 15 is 0 Å². The number of carbonyl (C=O) groups excluding carboxylic acids is 1. The van der Waals surface area contributed by atoms with Crippen molar-refractivity contribution >= 4 is 11.9 Å². The molecule has 18 heavy (non-hydrogen) atoms. The lowest BCUT2D eigenvalue weighted by Crippen LogP contribution is -2.44. The van der Waals surface area contributed by atoms with Crippen LogP contribution in [0.3, 0.4) is 0 Å². The molecule has 0 spiro atoms. The van der Waals surface area contributed by atoms with Crippen molar-refractivity contribution in [1.29, 1.82) is 0 Å². The van der Waals surface area contributed by atoms with Gasteiger partial charge >= 0.3 is 11.7 Å². The molecule has 1 N–H and O–H groups in total. The lowest BCUT2D eigenvalue weighted by Gasteiger charge is -2.23. The summed E-state index contributed by atoms with van der Waals surface area (Å²) in [4.78, 5) is 38.7. The number of carboxylic acid groups (broad SMARTS) is 1. The zero-order chi connectivity index (χ0) is 13.7. The third kappa shape index (κ3) is 3.16. The van der Waals surface area contributed by atoms with Gasteiger partial charge in [-0.1, -0.05) is 6.92 Å². The zero-order valence-corrected chi connectivity index (χ0v) is 10.2. The highest BCUT2D eigenvalue weighted by Gasteiger charge is 2.24. The van der Waals surface area contributed by atoms with Gasteiger partial charge in [0.25, 0.3) is 0 Å². The molecule has 0 aliphatic carbocycles. The average Bonchev–Trinajstić information content (AvgIpc) is 2.32. The van der Waals surface area contributed by atoms with E-state index in [2.05, 4.69) is 4.98 Å². The smallest absolute Gasteiger partial charge is 0.347 e. The Bertz CT molecular complexity index is 497. The molecule has 7 heteroatoms. The van der Waals surface area contributed by atoms with E-state index in [1.165, 1.54) is 25.5 Å². The number of aromatic nitrogens is 2. The highest BCUT2D eigenvalue weighted by atomic mass is 16.4. The molecule has 1 atom stereocenters. The number of hydrogen-bond donors (Lipinski definition) is 1. The molecular formula is C11H15N3O4. The van der Waals surface area contributed by atoms with Gasteiger partial charge in [-0.25, -0.2) is 14.6 Å². The summed E-state index contributed by atoms with van der Waals surface area (Å²) in [6.45, 7) is 1.46. The van der Waals surface area contributed by atoms with E-state index in [9.17, 15) is 14.4 Å². The first-order valence-corrected chi connectivity index (χ1v) is 5.47. The summed E-state index contributed by atoms with van der Waals surface area (Å²) in [7, 11) is 1.41. The maximum absolute atomic E-state index is 11.8. The largest absolute Gasteiger partial charge is 0.480 e. The molecule has 7 nitrogen and oxygen atoms in total. The highest BCUT2D eigenvalue weighted by molar-refractivity contribution is 5.83. The summed E-state index contributed by atoms with van der Waals surface area (Å²) in [5.74, 6) is -1.51. The molecule has 0 saturated heterocycles. The topological polar surface area (TPSA) is 92.5 Å². The second kappa shape index (κ2) is 5.95. The Morgan fingerprint density at radius 1 is 1.56 bits per heavy atom. The van der Waals surface area contributed by atoms with Crippen LogP contribution < -0.4 is 5.69 Å². The number of carboxylic acids is 1. The first-order chi connectivity index (χ1) is 8.47. The van der Waals surface area contributed by atoms with Crippen LogP contribution in [0.25, 0.3) is 0 Å². The van der Waals surface area contributed by atoms with Gasteiger partial charge in [0.2, 0.25) is 5.91 Å². The van der Waals surface area contributed by atoms with Crippen LogP contribution in [-0.2, 0) is 16.1 Å². The Hall–Kier alpha value is -2.18. The first kappa shape index (κ1) is 13.9. The van der Waals surface area contributed by atoms with E-state index in [0.29, 0.717) is 6.42 Å². The predicted molar refractivity (Wildman–Crippen MR) is 63.0 cm³/mol. The fourth-order valence-electron chi connectivity index (χ4n) is 1.55. The van der Waals surface area contributed by atoms with Crippen molar-refractivity contribution in [2.45, 2.75) is 25.9 Å². The van der Waals surface area contributed by atoms with Gasteiger partial charge in [0.1, 0.15) is 12.6 Å². The standard InChI is InChI=1S/C11H15N3O4/c1-3-8(10(16)17)13(2)9(15)7-14-6-4-5-12-11(14)18/h4-6,8H,3,7H2,1-2H3,(H,16,17). The van der Waals surface area contributed by atoms with E-state index in [1.54, 1.807) is 6.92 Å². The van der Waals surface area contributed by atoms with Crippen LogP contribution >= 0.6 is 0 Å². The minimum atomic E-state index is -1.06. The molecule has 1 aromatic rings. The van der Waals surface area contributed by atoms with Crippen molar-refractivity contribution < 1.29 is 14.7 Å². The third-order valence-corrected chi connectivity index (χ3v) is 2.62. The van der Waals surface area contributed by atoms with Crippen LogP contribution in [0, 0.1) is 0 Å². The maximum atomic E-state index is 11.8. The van der Waals surface area contributed by atoms with E-state index < -0.39 is 23.6 Å². The molecule has 0 aliphatic rings. The maximum Gasteiger partial charge on any atom is 0.347 e. The van der Waals surface area contributed by atoms with Crippen LogP contribution in [-0.4, -0.2) is 44.5 Å². The molecule has 1 aromatic heterocycles. The Balaban J connectivity index is 2.80. The second-order valence-corrected chi connectivity index (χ2v) is 3.80. The third-order valence-electron chi connectivity index (χ3n) is 2.62. The molecule has 0 aliphatic heterocycles. The zero-order valence-electron chi connectivity index (χ0n) is 10.2. The summed E-state index contributed by atoms with van der Waals surface area (Å²) < 4.78 is 1.13. The number of hydrogen-bond acceptors (Lipinski definition) is 4. The number of rotatable bonds is 5. The second-order valence-electron chi connectivity index (χ2n) is 3.80. The molecule has 1 amide bonds. The highest BCUT2D eigenvalue weighted by Crippen LogP contribution is 2.03. The molecule has 0 bridgehead atoms. The number of aliphatic carboxylic acids is 1. The van der Waals surface area contributed by atoms with Crippen LogP contribution in [0.4, 0.5) is 0 Å². The number of likely N-dealkylation sites (N-methyl/N-ethyl adjacent to an activating group) is 1. The Morgan fingerprint density at radius 2 is 2.22 bits per heavy atom. The van der Waals surface area contributed by atoms with Crippen molar-refractivity contribution in [1.82, 2.24) is 14.5 Å². The molecule has 98 valence electrons. The minimum Gasteiger partial charge on any atom is -0.480 e. The van der Waals surface area contributed by atoms with Gasteiger partial charge in [-0.05, 0) is 12.5 Å². The number of nitrogens with zero attached hydrogens (tertiary/aromatic N) is 3. The molecule has 0 saturated carbocycles. The van der Waals surface area contributed by atoms with E-state index in [0.717, 1.165) is 9.47 Å². The monoisotopic (exact) mass is 253 g/mol. The Morgan fingerprint density at radius 3 is 2.72 bits per heavy atom. The van der Waals surface area contributed by atoms with Gasteiger partial charge in [-0.15, -0.1) is 0 Å². The van der Waals surface area contributed by atoms with Crippen molar-refractivity contribution in [3.63, 3.8) is 0 Å². The normalized spacial score (nSPS) is 11.9. The SMILES string of the molecule is CCC(C(=O)O)N(C)C(=O)Cn1cccnc1=O. The van der Waals surface area contributed by atoms with Crippen LogP contribution in [0.2, 0.25) is 0 Å². The molecular weight excluding hydrogens is 238 g/mol. The average molecular weight is 253 g/mol. The number of amides is 1. The summed E-state index contributed by atoms with van der Waals surface area (Å²) in [6, 6.07) is 0.647. The summed E-state index contributed by atoms with van der Waals surface area (Å²) in [5.41, 5.74) is -0.539. The molecule has 1 unspecified atom stereocenters. The molecule has 1 rings (SSSR count). The van der Waals surface area contributed by atoms with Crippen molar-refractivity contribution in [2.24, 2.45) is 0 Å². The molecule has 0 aromatic carbocycles. The Kier molecular flexibility index (Phi) is 4.59. The Labute approximate surface area is 104 Å². The van der Waals surface area contributed by atoms with Gasteiger partial charge in [-0.3, -0.25) is 9.36 Å². The first-order valence-electron chi connectivity index (χ1n) is 5.47. The molecule has 0 radical (unpaired) electrons. The lowest BCUT2D eigenvalue weighted by atomic mass is 10.2. The summed E-state index contributed by atoms with van der Waals surface area (Å²) >= 11 is 0. The number of carbonyl (C=O) groups is 2. The van der Waals surface area contributed by atoms with Gasteiger partial charge < -0.3 is 10.0 Å². The molecule has 1 heterocycles. The van der Waals surface area contributed by atoms with E-state index in [-0.39, 0.29) is 6.54 Å². The van der Waals surface area contributed by atoms with Crippen LogP contribution in [0.15, 0.2) is 23.3 Å². The minimum absolute atomic E-state index is 0.215. The van der Waals surface area contributed by atoms with Crippen LogP contribution in [0.5, 0.6) is 0 Å². The fourth-order valence-corrected chi connectivity index (χ4v) is 1.55. The summed E-state index contributed by atoms with van der Waals surface area (Å²) in [6.07, 6.45) is 3.07. The van der Waals surface area contributed by atoms with E-state index in [1.807, 2.05) is 0 Å². The van der Waals surface area contributed by atoms with Gasteiger partial charge in [0.05, 0.1) is 0 Å². The van der Waals surface area contributed by atoms with Gasteiger partial charge in [0.15, 0.2) is 0 Å². The van der Waals surface area contributed by atoms with E-state index in [4.69, 9.17) is 5.11 Å². The fraction of sp³-hybridized carbons (Fsp3) is 0.455. The van der Waals surface area contributed by atoms with Crippen molar-refractivity contribution in [3.8, 4) is 0 Å². The lowest BCUT2D eigenvalue weighted by molar-refractivity contribution is -0.149. The van der Waals surface area contributed by atoms with Crippen LogP contribution in [0.1, 0.15) is 13.3 Å². The summed E-state index contributed by atoms with van der Waals surface area (Å²) in [5, 5.41) is 8.94. The van der Waals surface area contributed by atoms with Crippen molar-refractivity contribution in [3.05, 3.63) is 28.9 Å². The van der Waals surface area contributed by atoms with Gasteiger partial charge in [0, 0.05) is 19.4 Å². The predicted octanol–water partition coefficient (Wildman–Crippen LogP) is -0.435. The van der Waals surface area contributed by atoms with Crippen molar-refractivity contribution in [2.75, 3.05) is 7.05 Å². The molecule has 0 fully saturated rings. The van der Waals surface area contributed by atoms with Gasteiger partial charge in [-0.2, -0.15) is 0 Å². The quantitative estimate of drug-likeness (QED) is 0.768.